The van der Waals surface area contributed by atoms with Crippen LogP contribution in [0.25, 0.3) is 0 Å². The Morgan fingerprint density at radius 3 is 1.89 bits per heavy atom. The third-order valence-electron chi connectivity index (χ3n) is 4.23. The van der Waals surface area contributed by atoms with Crippen LogP contribution >= 0.6 is 0 Å². The number of amides is 2. The Morgan fingerprint density at radius 2 is 1.19 bits per heavy atom. The maximum absolute atomic E-state index is 12.5. The minimum Gasteiger partial charge on any atom is -0.350 e. The monoisotopic (exact) mass is 358 g/mol. The second kappa shape index (κ2) is 9.34. The largest absolute Gasteiger partial charge is 0.350 e. The quantitative estimate of drug-likeness (QED) is 0.636. The molecule has 4 heteroatoms. The summed E-state index contributed by atoms with van der Waals surface area (Å²) in [5, 5.41) is 5.68. The molecule has 0 fully saturated rings. The van der Waals surface area contributed by atoms with E-state index in [-0.39, 0.29) is 11.8 Å². The molecule has 3 aromatic rings. The van der Waals surface area contributed by atoms with Gasteiger partial charge in [-0.2, -0.15) is 0 Å². The zero-order valence-electron chi connectivity index (χ0n) is 15.0. The predicted octanol–water partition coefficient (Wildman–Crippen LogP) is 3.44. The Labute approximate surface area is 159 Å². The molecule has 0 aromatic heterocycles. The average molecular weight is 358 g/mol. The van der Waals surface area contributed by atoms with Gasteiger partial charge in [0.2, 0.25) is 0 Å². The van der Waals surface area contributed by atoms with E-state index in [2.05, 4.69) is 10.6 Å². The number of rotatable bonds is 7. The zero-order valence-corrected chi connectivity index (χ0v) is 15.0. The van der Waals surface area contributed by atoms with Crippen LogP contribution in [0.4, 0.5) is 0 Å². The molecule has 2 N–H and O–H groups in total. The van der Waals surface area contributed by atoms with Gasteiger partial charge in [-0.25, -0.2) is 0 Å². The highest BCUT2D eigenvalue weighted by atomic mass is 16.2. The fourth-order valence-electron chi connectivity index (χ4n) is 2.85. The van der Waals surface area contributed by atoms with E-state index in [1.54, 1.807) is 12.1 Å². The van der Waals surface area contributed by atoms with E-state index in [1.807, 2.05) is 72.8 Å². The van der Waals surface area contributed by atoms with Crippen molar-refractivity contribution in [1.82, 2.24) is 10.6 Å². The Kier molecular flexibility index (Phi) is 6.36. The van der Waals surface area contributed by atoms with Crippen LogP contribution in [0.15, 0.2) is 84.9 Å². The van der Waals surface area contributed by atoms with Crippen molar-refractivity contribution >= 4 is 11.8 Å². The molecule has 0 aliphatic heterocycles. The maximum Gasteiger partial charge on any atom is 0.251 e. The van der Waals surface area contributed by atoms with Crippen molar-refractivity contribution < 1.29 is 9.59 Å². The van der Waals surface area contributed by atoms with Gasteiger partial charge in [-0.1, -0.05) is 66.7 Å². The summed E-state index contributed by atoms with van der Waals surface area (Å²) in [6, 6.07) is 26.7. The SMILES string of the molecule is O=C(NCCNC(=O)c1ccccc1Cc1ccccc1)c1ccccc1. The van der Waals surface area contributed by atoms with Gasteiger partial charge in [0.25, 0.3) is 11.8 Å². The minimum atomic E-state index is -0.144. The highest BCUT2D eigenvalue weighted by molar-refractivity contribution is 5.96. The van der Waals surface area contributed by atoms with E-state index < -0.39 is 0 Å². The van der Waals surface area contributed by atoms with Gasteiger partial charge < -0.3 is 10.6 Å². The molecule has 0 saturated carbocycles. The fourth-order valence-corrected chi connectivity index (χ4v) is 2.85. The third kappa shape index (κ3) is 5.28. The van der Waals surface area contributed by atoms with Crippen molar-refractivity contribution in [2.24, 2.45) is 0 Å². The van der Waals surface area contributed by atoms with Gasteiger partial charge in [0.05, 0.1) is 0 Å². The average Bonchev–Trinajstić information content (AvgIpc) is 2.72. The van der Waals surface area contributed by atoms with E-state index in [9.17, 15) is 9.59 Å². The summed E-state index contributed by atoms with van der Waals surface area (Å²) >= 11 is 0. The van der Waals surface area contributed by atoms with Crippen molar-refractivity contribution in [3.8, 4) is 0 Å². The Morgan fingerprint density at radius 1 is 0.630 bits per heavy atom. The standard InChI is InChI=1S/C23H22N2O2/c26-22(19-11-5-2-6-12-19)24-15-16-25-23(27)21-14-8-7-13-20(21)17-18-9-3-1-4-10-18/h1-14H,15-17H2,(H,24,26)(H,25,27). The van der Waals surface area contributed by atoms with E-state index in [0.29, 0.717) is 30.6 Å². The molecule has 0 atom stereocenters. The summed E-state index contributed by atoms with van der Waals surface area (Å²) in [4.78, 5) is 24.5. The van der Waals surface area contributed by atoms with Crippen LogP contribution in [0.2, 0.25) is 0 Å². The van der Waals surface area contributed by atoms with Crippen molar-refractivity contribution in [1.29, 1.82) is 0 Å². The second-order valence-corrected chi connectivity index (χ2v) is 6.20. The molecule has 0 unspecified atom stereocenters. The Balaban J connectivity index is 1.53. The molecule has 0 spiro atoms. The minimum absolute atomic E-state index is 0.129. The van der Waals surface area contributed by atoms with Gasteiger partial charge in [0, 0.05) is 24.2 Å². The topological polar surface area (TPSA) is 58.2 Å². The molecular formula is C23H22N2O2. The van der Waals surface area contributed by atoms with Gasteiger partial charge in [-0.3, -0.25) is 9.59 Å². The Hall–Kier alpha value is -3.40. The van der Waals surface area contributed by atoms with Crippen LogP contribution in [-0.4, -0.2) is 24.9 Å². The fraction of sp³-hybridized carbons (Fsp3) is 0.130. The van der Waals surface area contributed by atoms with E-state index >= 15 is 0 Å². The summed E-state index contributed by atoms with van der Waals surface area (Å²) in [6.45, 7) is 0.747. The first kappa shape index (κ1) is 18.4. The molecule has 27 heavy (non-hydrogen) atoms. The second-order valence-electron chi connectivity index (χ2n) is 6.20. The van der Waals surface area contributed by atoms with Crippen LogP contribution in [0, 0.1) is 0 Å². The van der Waals surface area contributed by atoms with Crippen molar-refractivity contribution in [3.05, 3.63) is 107 Å². The summed E-state index contributed by atoms with van der Waals surface area (Å²) in [7, 11) is 0. The molecule has 2 amide bonds. The number of hydrogen-bond acceptors (Lipinski definition) is 2. The molecule has 0 bridgehead atoms. The number of nitrogens with one attached hydrogen (secondary N) is 2. The van der Waals surface area contributed by atoms with Crippen molar-refractivity contribution in [2.75, 3.05) is 13.1 Å². The first-order valence-electron chi connectivity index (χ1n) is 8.97. The van der Waals surface area contributed by atoms with Crippen LogP contribution < -0.4 is 10.6 Å². The van der Waals surface area contributed by atoms with Crippen molar-refractivity contribution in [2.45, 2.75) is 6.42 Å². The van der Waals surface area contributed by atoms with Gasteiger partial charge >= 0.3 is 0 Å². The van der Waals surface area contributed by atoms with Crippen LogP contribution in [0.5, 0.6) is 0 Å². The van der Waals surface area contributed by atoms with Crippen molar-refractivity contribution in [3.63, 3.8) is 0 Å². The first-order valence-corrected chi connectivity index (χ1v) is 8.97. The molecule has 0 aliphatic carbocycles. The lowest BCUT2D eigenvalue weighted by Gasteiger charge is -2.11. The van der Waals surface area contributed by atoms with Crippen LogP contribution in [0.1, 0.15) is 31.8 Å². The third-order valence-corrected chi connectivity index (χ3v) is 4.23. The normalized spacial score (nSPS) is 10.2. The zero-order chi connectivity index (χ0) is 18.9. The number of hydrogen-bond donors (Lipinski definition) is 2. The van der Waals surface area contributed by atoms with E-state index in [4.69, 9.17) is 0 Å². The number of benzene rings is 3. The summed E-state index contributed by atoms with van der Waals surface area (Å²) in [5.74, 6) is -0.273. The smallest absolute Gasteiger partial charge is 0.251 e. The molecule has 3 rings (SSSR count). The Bertz CT molecular complexity index is 893. The summed E-state index contributed by atoms with van der Waals surface area (Å²) < 4.78 is 0. The van der Waals surface area contributed by atoms with E-state index in [1.165, 1.54) is 0 Å². The number of carbonyl (C=O) groups excluding carboxylic acids is 2. The lowest BCUT2D eigenvalue weighted by Crippen LogP contribution is -2.35. The molecule has 0 saturated heterocycles. The van der Waals surface area contributed by atoms with E-state index in [0.717, 1.165) is 11.1 Å². The lowest BCUT2D eigenvalue weighted by molar-refractivity contribution is 0.0927. The summed E-state index contributed by atoms with van der Waals surface area (Å²) in [5.41, 5.74) is 3.41. The first-order chi connectivity index (χ1) is 13.2. The highest BCUT2D eigenvalue weighted by Crippen LogP contribution is 2.14. The van der Waals surface area contributed by atoms with Crippen LogP contribution in [-0.2, 0) is 6.42 Å². The molecule has 4 nitrogen and oxygen atoms in total. The molecule has 0 aliphatic rings. The molecular weight excluding hydrogens is 336 g/mol. The molecule has 3 aromatic carbocycles. The molecule has 0 heterocycles. The molecule has 0 radical (unpaired) electrons. The van der Waals surface area contributed by atoms with Gasteiger partial charge in [0.15, 0.2) is 0 Å². The van der Waals surface area contributed by atoms with Crippen LogP contribution in [0.3, 0.4) is 0 Å². The van der Waals surface area contributed by atoms with Gasteiger partial charge in [-0.05, 0) is 35.7 Å². The summed E-state index contributed by atoms with van der Waals surface area (Å²) in [6.07, 6.45) is 0.704. The highest BCUT2D eigenvalue weighted by Gasteiger charge is 2.11. The molecule has 136 valence electrons. The predicted molar refractivity (Wildman–Crippen MR) is 107 cm³/mol. The maximum atomic E-state index is 12.5. The number of carbonyl (C=O) groups is 2. The van der Waals surface area contributed by atoms with Gasteiger partial charge in [0.1, 0.15) is 0 Å². The van der Waals surface area contributed by atoms with Gasteiger partial charge in [-0.15, -0.1) is 0 Å². The lowest BCUT2D eigenvalue weighted by atomic mass is 9.99.